The highest BCUT2D eigenvalue weighted by Gasteiger charge is 2.28. The van der Waals surface area contributed by atoms with Crippen LogP contribution in [-0.4, -0.2) is 62.4 Å². The molecule has 122 valence electrons. The Morgan fingerprint density at radius 2 is 2.00 bits per heavy atom. The number of urea groups is 1. The van der Waals surface area contributed by atoms with Crippen LogP contribution in [-0.2, 0) is 14.8 Å². The zero-order valence-electron chi connectivity index (χ0n) is 12.2. The molecule has 0 bridgehead atoms. The lowest BCUT2D eigenvalue weighted by atomic mass is 10.00. The van der Waals surface area contributed by atoms with Gasteiger partial charge >= 0.3 is 12.0 Å². The average molecular weight is 321 g/mol. The number of carbonyl (C=O) groups is 2. The van der Waals surface area contributed by atoms with Gasteiger partial charge in [0, 0.05) is 25.7 Å². The van der Waals surface area contributed by atoms with E-state index in [1.54, 1.807) is 4.90 Å². The molecule has 1 atom stereocenters. The van der Waals surface area contributed by atoms with Crippen LogP contribution in [0.1, 0.15) is 32.1 Å². The third kappa shape index (κ3) is 7.28. The van der Waals surface area contributed by atoms with Gasteiger partial charge in [-0.15, -0.1) is 0 Å². The van der Waals surface area contributed by atoms with Gasteiger partial charge in [0.25, 0.3) is 0 Å². The topological polar surface area (TPSA) is 116 Å². The van der Waals surface area contributed by atoms with Crippen LogP contribution in [0.4, 0.5) is 4.79 Å². The van der Waals surface area contributed by atoms with Gasteiger partial charge in [-0.3, -0.25) is 4.79 Å². The normalized spacial score (nSPS) is 19.3. The van der Waals surface area contributed by atoms with E-state index in [1.807, 2.05) is 0 Å². The van der Waals surface area contributed by atoms with E-state index in [-0.39, 0.29) is 25.0 Å². The number of amides is 2. The van der Waals surface area contributed by atoms with Gasteiger partial charge in [0.05, 0.1) is 12.7 Å². The maximum absolute atomic E-state index is 12.0. The molecule has 2 amide bonds. The molecule has 1 aliphatic rings. The first-order valence-corrected chi connectivity index (χ1v) is 8.89. The van der Waals surface area contributed by atoms with Gasteiger partial charge < -0.3 is 15.3 Å². The Labute approximate surface area is 124 Å². The first kappa shape index (κ1) is 17.7. The first-order valence-electron chi connectivity index (χ1n) is 7.00. The van der Waals surface area contributed by atoms with Crippen molar-refractivity contribution in [1.29, 1.82) is 0 Å². The van der Waals surface area contributed by atoms with Crippen molar-refractivity contribution in [2.24, 2.45) is 0 Å². The van der Waals surface area contributed by atoms with Crippen molar-refractivity contribution in [3.05, 3.63) is 0 Å². The summed E-state index contributed by atoms with van der Waals surface area (Å²) >= 11 is 0. The highest BCUT2D eigenvalue weighted by atomic mass is 32.2. The molecular formula is C12H23N3O5S. The van der Waals surface area contributed by atoms with Crippen LogP contribution in [0.25, 0.3) is 0 Å². The number of piperidine rings is 1. The molecule has 0 aliphatic carbocycles. The number of carboxylic acid groups (broad SMARTS) is 1. The molecule has 0 aromatic carbocycles. The van der Waals surface area contributed by atoms with Crippen LogP contribution in [0.2, 0.25) is 0 Å². The molecule has 9 heteroatoms. The van der Waals surface area contributed by atoms with Crippen molar-refractivity contribution in [3.8, 4) is 0 Å². The van der Waals surface area contributed by atoms with Gasteiger partial charge in [-0.2, -0.15) is 0 Å². The van der Waals surface area contributed by atoms with E-state index in [9.17, 15) is 18.0 Å². The second kappa shape index (κ2) is 8.18. The number of carbonyl (C=O) groups excluding carboxylic acids is 1. The fraction of sp³-hybridized carbons (Fsp3) is 0.833. The quantitative estimate of drug-likeness (QED) is 0.569. The number of sulfonamides is 1. The Hall–Kier alpha value is -1.35. The monoisotopic (exact) mass is 321 g/mol. The van der Waals surface area contributed by atoms with Crippen molar-refractivity contribution in [2.75, 3.05) is 25.9 Å². The minimum Gasteiger partial charge on any atom is -0.481 e. The summed E-state index contributed by atoms with van der Waals surface area (Å²) in [6.07, 6.45) is 4.03. The Kier molecular flexibility index (Phi) is 6.90. The van der Waals surface area contributed by atoms with Gasteiger partial charge in [-0.05, 0) is 25.7 Å². The lowest BCUT2D eigenvalue weighted by Gasteiger charge is -2.34. The summed E-state index contributed by atoms with van der Waals surface area (Å²) in [5.74, 6) is -0.906. The lowest BCUT2D eigenvalue weighted by Crippen LogP contribution is -2.49. The molecular weight excluding hydrogens is 298 g/mol. The van der Waals surface area contributed by atoms with E-state index in [1.165, 1.54) is 0 Å². The molecule has 1 fully saturated rings. The average Bonchev–Trinajstić information content (AvgIpc) is 2.36. The van der Waals surface area contributed by atoms with E-state index >= 15 is 0 Å². The van der Waals surface area contributed by atoms with Crippen LogP contribution < -0.4 is 10.0 Å². The van der Waals surface area contributed by atoms with E-state index in [0.717, 1.165) is 19.1 Å². The van der Waals surface area contributed by atoms with Crippen molar-refractivity contribution < 1.29 is 23.1 Å². The number of hydrogen-bond donors (Lipinski definition) is 3. The number of aliphatic carboxylic acids is 1. The largest absolute Gasteiger partial charge is 0.481 e. The molecule has 21 heavy (non-hydrogen) atoms. The van der Waals surface area contributed by atoms with Crippen molar-refractivity contribution in [3.63, 3.8) is 0 Å². The van der Waals surface area contributed by atoms with Gasteiger partial charge in [-0.25, -0.2) is 17.9 Å². The van der Waals surface area contributed by atoms with Crippen molar-refractivity contribution >= 4 is 22.0 Å². The SMILES string of the molecule is CS(=O)(=O)NCCCNC(=O)N1CCCCC1CC(=O)O. The second-order valence-electron chi connectivity index (χ2n) is 5.19. The second-order valence-corrected chi connectivity index (χ2v) is 7.03. The third-order valence-corrected chi connectivity index (χ3v) is 4.02. The van der Waals surface area contributed by atoms with Gasteiger partial charge in [-0.1, -0.05) is 0 Å². The number of hydrogen-bond acceptors (Lipinski definition) is 4. The Bertz CT molecular complexity index is 466. The molecule has 0 spiro atoms. The molecule has 1 unspecified atom stereocenters. The molecule has 1 aliphatic heterocycles. The molecule has 0 aromatic heterocycles. The Morgan fingerprint density at radius 3 is 2.62 bits per heavy atom. The van der Waals surface area contributed by atoms with Gasteiger partial charge in [0.2, 0.25) is 10.0 Å². The smallest absolute Gasteiger partial charge is 0.317 e. The van der Waals surface area contributed by atoms with Gasteiger partial charge in [0.1, 0.15) is 0 Å². The summed E-state index contributed by atoms with van der Waals surface area (Å²) in [6, 6.07) is -0.536. The molecule has 1 saturated heterocycles. The van der Waals surface area contributed by atoms with Crippen molar-refractivity contribution in [1.82, 2.24) is 14.9 Å². The Balaban J connectivity index is 2.33. The predicted octanol–water partition coefficient (Wildman–Crippen LogP) is -0.0355. The number of nitrogens with one attached hydrogen (secondary N) is 2. The minimum atomic E-state index is -3.21. The molecule has 3 N–H and O–H groups in total. The van der Waals surface area contributed by atoms with Crippen LogP contribution in [0.5, 0.6) is 0 Å². The zero-order valence-corrected chi connectivity index (χ0v) is 13.0. The number of likely N-dealkylation sites (tertiary alicyclic amines) is 1. The van der Waals surface area contributed by atoms with Crippen LogP contribution in [0.3, 0.4) is 0 Å². The van der Waals surface area contributed by atoms with E-state index < -0.39 is 16.0 Å². The standard InChI is InChI=1S/C12H23N3O5S/c1-21(19,20)14-7-4-6-13-12(18)15-8-3-2-5-10(15)9-11(16)17/h10,14H,2-9H2,1H3,(H,13,18)(H,16,17). The Morgan fingerprint density at radius 1 is 1.29 bits per heavy atom. The highest BCUT2D eigenvalue weighted by molar-refractivity contribution is 7.88. The number of carboxylic acids is 1. The van der Waals surface area contributed by atoms with E-state index in [4.69, 9.17) is 5.11 Å². The minimum absolute atomic E-state index is 0.0386. The lowest BCUT2D eigenvalue weighted by molar-refractivity contribution is -0.138. The molecule has 0 saturated carbocycles. The number of nitrogens with zero attached hydrogens (tertiary/aromatic N) is 1. The third-order valence-electron chi connectivity index (χ3n) is 3.29. The summed E-state index contributed by atoms with van der Waals surface area (Å²) in [5, 5.41) is 11.6. The summed E-state index contributed by atoms with van der Waals surface area (Å²) in [7, 11) is -3.21. The fourth-order valence-corrected chi connectivity index (χ4v) is 2.84. The zero-order chi connectivity index (χ0) is 15.9. The maximum atomic E-state index is 12.0. The molecule has 0 radical (unpaired) electrons. The van der Waals surface area contributed by atoms with E-state index in [0.29, 0.717) is 25.9 Å². The fourth-order valence-electron chi connectivity index (χ4n) is 2.32. The molecule has 1 heterocycles. The molecule has 0 aromatic rings. The van der Waals surface area contributed by atoms with E-state index in [2.05, 4.69) is 10.0 Å². The van der Waals surface area contributed by atoms with Crippen LogP contribution >= 0.6 is 0 Å². The summed E-state index contributed by atoms with van der Waals surface area (Å²) in [6.45, 7) is 1.17. The summed E-state index contributed by atoms with van der Waals surface area (Å²) in [5.41, 5.74) is 0. The predicted molar refractivity (Wildman–Crippen MR) is 77.5 cm³/mol. The van der Waals surface area contributed by atoms with Crippen LogP contribution in [0, 0.1) is 0 Å². The maximum Gasteiger partial charge on any atom is 0.317 e. The number of rotatable bonds is 7. The molecule has 1 rings (SSSR count). The first-order chi connectivity index (χ1) is 9.79. The highest BCUT2D eigenvalue weighted by Crippen LogP contribution is 2.19. The summed E-state index contributed by atoms with van der Waals surface area (Å²) < 4.78 is 24.1. The summed E-state index contributed by atoms with van der Waals surface area (Å²) in [4.78, 5) is 24.4. The van der Waals surface area contributed by atoms with Gasteiger partial charge in [0.15, 0.2) is 0 Å². The van der Waals surface area contributed by atoms with Crippen molar-refractivity contribution in [2.45, 2.75) is 38.1 Å². The molecule has 8 nitrogen and oxygen atoms in total. The van der Waals surface area contributed by atoms with Crippen LogP contribution in [0.15, 0.2) is 0 Å².